The topological polar surface area (TPSA) is 67.2 Å². The lowest BCUT2D eigenvalue weighted by atomic mass is 10.4. The summed E-state index contributed by atoms with van der Waals surface area (Å²) in [5.74, 6) is 0. The predicted octanol–water partition coefficient (Wildman–Crippen LogP) is 1.16. The van der Waals surface area contributed by atoms with Crippen molar-refractivity contribution in [3.8, 4) is 0 Å². The maximum Gasteiger partial charge on any atom is 0.283 e. The van der Waals surface area contributed by atoms with Gasteiger partial charge in [0.1, 0.15) is 4.47 Å². The van der Waals surface area contributed by atoms with Crippen LogP contribution in [0.1, 0.15) is 6.92 Å². The molecule has 1 rings (SSSR count). The SMILES string of the molecule is CSC(C)CNc1cnn(CCO)c(=O)c1Br. The van der Waals surface area contributed by atoms with Gasteiger partial charge in [-0.25, -0.2) is 4.68 Å². The van der Waals surface area contributed by atoms with Crippen LogP contribution in [0.25, 0.3) is 0 Å². The van der Waals surface area contributed by atoms with E-state index in [2.05, 4.69) is 33.3 Å². The van der Waals surface area contributed by atoms with E-state index in [-0.39, 0.29) is 18.7 Å². The van der Waals surface area contributed by atoms with Crippen molar-refractivity contribution >= 4 is 33.4 Å². The molecule has 1 unspecified atom stereocenters. The minimum absolute atomic E-state index is 0.102. The maximum absolute atomic E-state index is 11.8. The van der Waals surface area contributed by atoms with Gasteiger partial charge < -0.3 is 10.4 Å². The molecule has 0 amide bonds. The molecule has 1 atom stereocenters. The summed E-state index contributed by atoms with van der Waals surface area (Å²) in [6.45, 7) is 2.98. The first-order chi connectivity index (χ1) is 8.10. The molecule has 0 radical (unpaired) electrons. The van der Waals surface area contributed by atoms with Crippen molar-refractivity contribution in [2.24, 2.45) is 0 Å². The van der Waals surface area contributed by atoms with Gasteiger partial charge in [-0.3, -0.25) is 4.79 Å². The molecule has 0 bridgehead atoms. The lowest BCUT2D eigenvalue weighted by Gasteiger charge is -2.12. The molecule has 0 aromatic carbocycles. The van der Waals surface area contributed by atoms with Crippen LogP contribution in [0.5, 0.6) is 0 Å². The van der Waals surface area contributed by atoms with E-state index in [1.807, 2.05) is 6.26 Å². The average molecular weight is 322 g/mol. The van der Waals surface area contributed by atoms with Crippen LogP contribution in [0.3, 0.4) is 0 Å². The van der Waals surface area contributed by atoms with Crippen molar-refractivity contribution in [3.63, 3.8) is 0 Å². The van der Waals surface area contributed by atoms with Gasteiger partial charge in [-0.2, -0.15) is 16.9 Å². The van der Waals surface area contributed by atoms with Gasteiger partial charge in [0.15, 0.2) is 0 Å². The third-order valence-corrected chi connectivity index (χ3v) is 4.02. The van der Waals surface area contributed by atoms with E-state index in [1.165, 1.54) is 4.68 Å². The Morgan fingerprint density at radius 1 is 1.71 bits per heavy atom. The molecule has 0 aliphatic rings. The number of rotatable bonds is 6. The fraction of sp³-hybridized carbons (Fsp3) is 0.600. The zero-order valence-corrected chi connectivity index (χ0v) is 12.2. The first-order valence-electron chi connectivity index (χ1n) is 5.23. The molecule has 0 aliphatic heterocycles. The van der Waals surface area contributed by atoms with E-state index in [0.29, 0.717) is 15.4 Å². The highest BCUT2D eigenvalue weighted by atomic mass is 79.9. The number of thioether (sulfide) groups is 1. The minimum atomic E-state index is -0.235. The van der Waals surface area contributed by atoms with Crippen LogP contribution in [0.15, 0.2) is 15.5 Å². The molecule has 0 saturated carbocycles. The lowest BCUT2D eigenvalue weighted by molar-refractivity contribution is 0.266. The molecule has 1 aromatic rings. The van der Waals surface area contributed by atoms with Crippen LogP contribution >= 0.6 is 27.7 Å². The molecule has 7 heteroatoms. The van der Waals surface area contributed by atoms with Gasteiger partial charge in [0.05, 0.1) is 25.0 Å². The number of aromatic nitrogens is 2. The summed E-state index contributed by atoms with van der Waals surface area (Å²) in [7, 11) is 0. The molecule has 2 N–H and O–H groups in total. The van der Waals surface area contributed by atoms with Crippen LogP contribution in [0.4, 0.5) is 5.69 Å². The summed E-state index contributed by atoms with van der Waals surface area (Å²) in [6.07, 6.45) is 3.63. The molecule has 96 valence electrons. The van der Waals surface area contributed by atoms with Crippen LogP contribution in [0, 0.1) is 0 Å². The quantitative estimate of drug-likeness (QED) is 0.823. The fourth-order valence-electron chi connectivity index (χ4n) is 1.18. The van der Waals surface area contributed by atoms with Gasteiger partial charge in [-0.1, -0.05) is 6.92 Å². The highest BCUT2D eigenvalue weighted by Crippen LogP contribution is 2.17. The lowest BCUT2D eigenvalue weighted by Crippen LogP contribution is -2.26. The average Bonchev–Trinajstić information content (AvgIpc) is 2.34. The number of nitrogens with one attached hydrogen (secondary N) is 1. The Morgan fingerprint density at radius 3 is 3.00 bits per heavy atom. The number of aliphatic hydroxyl groups is 1. The third-order valence-electron chi connectivity index (χ3n) is 2.28. The number of anilines is 1. The van der Waals surface area contributed by atoms with Gasteiger partial charge in [0, 0.05) is 11.8 Å². The number of halogens is 1. The van der Waals surface area contributed by atoms with E-state index in [0.717, 1.165) is 6.54 Å². The Hall–Kier alpha value is -0.530. The van der Waals surface area contributed by atoms with Crippen molar-refractivity contribution in [1.82, 2.24) is 9.78 Å². The highest BCUT2D eigenvalue weighted by molar-refractivity contribution is 9.10. The number of hydrogen-bond acceptors (Lipinski definition) is 5. The Bertz CT molecular complexity index is 425. The Kier molecular flexibility index (Phi) is 6.01. The van der Waals surface area contributed by atoms with Crippen LogP contribution in [-0.2, 0) is 6.54 Å². The summed E-state index contributed by atoms with van der Waals surface area (Å²) in [5.41, 5.74) is 0.450. The second-order valence-corrected chi connectivity index (χ2v) is 5.62. The standard InChI is InChI=1S/C10H16BrN3O2S/c1-7(17-2)5-12-8-6-13-14(3-4-15)10(16)9(8)11/h6-7,12,15H,3-5H2,1-2H3. The Morgan fingerprint density at radius 2 is 2.41 bits per heavy atom. The van der Waals surface area contributed by atoms with E-state index >= 15 is 0 Å². The van der Waals surface area contributed by atoms with Crippen molar-refractivity contribution in [2.75, 3.05) is 24.7 Å². The smallest absolute Gasteiger partial charge is 0.283 e. The zero-order chi connectivity index (χ0) is 12.8. The van der Waals surface area contributed by atoms with Crippen molar-refractivity contribution in [3.05, 3.63) is 21.0 Å². The molecule has 1 aromatic heterocycles. The molecule has 0 fully saturated rings. The van der Waals surface area contributed by atoms with Crippen LogP contribution in [-0.4, -0.2) is 39.5 Å². The maximum atomic E-state index is 11.8. The van der Waals surface area contributed by atoms with Gasteiger partial charge in [-0.15, -0.1) is 0 Å². The number of hydrogen-bond donors (Lipinski definition) is 2. The Balaban J connectivity index is 2.82. The molecule has 0 saturated heterocycles. The second kappa shape index (κ2) is 7.03. The Labute approximate surface area is 113 Å². The van der Waals surface area contributed by atoms with Crippen molar-refractivity contribution in [1.29, 1.82) is 0 Å². The monoisotopic (exact) mass is 321 g/mol. The largest absolute Gasteiger partial charge is 0.394 e. The molecular weight excluding hydrogens is 306 g/mol. The van der Waals surface area contributed by atoms with E-state index < -0.39 is 0 Å². The summed E-state index contributed by atoms with van der Waals surface area (Å²) in [6, 6.07) is 0. The van der Waals surface area contributed by atoms with E-state index in [9.17, 15) is 4.79 Å². The fourth-order valence-corrected chi connectivity index (χ4v) is 1.88. The molecular formula is C10H16BrN3O2S. The summed E-state index contributed by atoms with van der Waals surface area (Å²) >= 11 is 5.00. The second-order valence-electron chi connectivity index (χ2n) is 3.55. The number of nitrogens with zero attached hydrogens (tertiary/aromatic N) is 2. The number of aliphatic hydroxyl groups excluding tert-OH is 1. The normalized spacial score (nSPS) is 12.5. The van der Waals surface area contributed by atoms with Gasteiger partial charge in [-0.05, 0) is 22.2 Å². The summed E-state index contributed by atoms with van der Waals surface area (Å²) in [5, 5.41) is 16.4. The van der Waals surface area contributed by atoms with Crippen LogP contribution in [0.2, 0.25) is 0 Å². The zero-order valence-electron chi connectivity index (χ0n) is 9.81. The third kappa shape index (κ3) is 4.01. The van der Waals surface area contributed by atoms with Crippen molar-refractivity contribution in [2.45, 2.75) is 18.7 Å². The molecule has 1 heterocycles. The van der Waals surface area contributed by atoms with Crippen LogP contribution < -0.4 is 10.9 Å². The van der Waals surface area contributed by atoms with Gasteiger partial charge in [0.25, 0.3) is 5.56 Å². The molecule has 17 heavy (non-hydrogen) atoms. The van der Waals surface area contributed by atoms with E-state index in [1.54, 1.807) is 18.0 Å². The van der Waals surface area contributed by atoms with E-state index in [4.69, 9.17) is 5.11 Å². The minimum Gasteiger partial charge on any atom is -0.394 e. The molecule has 0 aliphatic carbocycles. The van der Waals surface area contributed by atoms with Crippen molar-refractivity contribution < 1.29 is 5.11 Å². The highest BCUT2D eigenvalue weighted by Gasteiger charge is 2.09. The predicted molar refractivity (Wildman–Crippen MR) is 74.7 cm³/mol. The van der Waals surface area contributed by atoms with Gasteiger partial charge >= 0.3 is 0 Å². The first-order valence-corrected chi connectivity index (χ1v) is 7.31. The first kappa shape index (κ1) is 14.5. The summed E-state index contributed by atoms with van der Waals surface area (Å²) in [4.78, 5) is 11.8. The molecule has 0 spiro atoms. The summed E-state index contributed by atoms with van der Waals surface area (Å²) < 4.78 is 1.68. The molecule has 5 nitrogen and oxygen atoms in total. The van der Waals surface area contributed by atoms with Gasteiger partial charge in [0.2, 0.25) is 0 Å².